The van der Waals surface area contributed by atoms with Crippen molar-refractivity contribution in [2.75, 3.05) is 18.6 Å². The summed E-state index contributed by atoms with van der Waals surface area (Å²) in [6, 6.07) is 2.87. The molecule has 0 fully saturated rings. The molecule has 6 nitrogen and oxygen atoms in total. The summed E-state index contributed by atoms with van der Waals surface area (Å²) in [7, 11) is -4.91. The topological polar surface area (TPSA) is 106 Å². The van der Waals surface area contributed by atoms with Gasteiger partial charge in [-0.05, 0) is 24.6 Å². The molecule has 0 aliphatic heterocycles. The summed E-state index contributed by atoms with van der Waals surface area (Å²) in [6.45, 7) is 1.76. The molecule has 0 aliphatic carbocycles. The first-order valence-corrected chi connectivity index (χ1v) is 9.60. The Bertz CT molecular complexity index is 659. The number of rotatable bonds is 5. The van der Waals surface area contributed by atoms with Crippen LogP contribution in [0, 0.1) is 6.92 Å². The van der Waals surface area contributed by atoms with Gasteiger partial charge in [0.05, 0.1) is 4.90 Å². The Labute approximate surface area is 128 Å². The average Bonchev–Trinajstić information content (AvgIpc) is 2.29. The molecule has 1 amide bonds. The number of halogens is 1. The fourth-order valence-corrected chi connectivity index (χ4v) is 3.42. The van der Waals surface area contributed by atoms with E-state index in [4.69, 9.17) is 5.14 Å². The summed E-state index contributed by atoms with van der Waals surface area (Å²) < 4.78 is 34.3. The van der Waals surface area contributed by atoms with Gasteiger partial charge in [-0.1, -0.05) is 15.9 Å². The van der Waals surface area contributed by atoms with Gasteiger partial charge in [-0.15, -0.1) is 0 Å². The fraction of sp³-hybridized carbons (Fsp3) is 0.364. The molecule has 1 rings (SSSR count). The zero-order valence-corrected chi connectivity index (χ0v) is 14.2. The van der Waals surface area contributed by atoms with Crippen molar-refractivity contribution in [2.45, 2.75) is 11.8 Å². The van der Waals surface area contributed by atoms with E-state index in [2.05, 4.69) is 21.2 Å². The molecule has 20 heavy (non-hydrogen) atoms. The smallest absolute Gasteiger partial charge is 0.251 e. The van der Waals surface area contributed by atoms with Crippen molar-refractivity contribution in [3.63, 3.8) is 0 Å². The number of benzene rings is 1. The van der Waals surface area contributed by atoms with Crippen LogP contribution in [0.2, 0.25) is 0 Å². The molecule has 9 heteroatoms. The molecular weight excluding hydrogens is 368 g/mol. The van der Waals surface area contributed by atoms with Gasteiger partial charge in [0.1, 0.15) is 0 Å². The Hall–Kier alpha value is -0.770. The highest BCUT2D eigenvalue weighted by atomic mass is 79.9. The van der Waals surface area contributed by atoms with Gasteiger partial charge in [-0.3, -0.25) is 9.00 Å². The lowest BCUT2D eigenvalue weighted by Gasteiger charge is -2.11. The van der Waals surface area contributed by atoms with Crippen molar-refractivity contribution in [3.05, 3.63) is 27.7 Å². The molecule has 0 saturated heterocycles. The van der Waals surface area contributed by atoms with E-state index in [0.29, 0.717) is 10.2 Å². The molecule has 1 atom stereocenters. The zero-order chi connectivity index (χ0) is 15.5. The van der Waals surface area contributed by atoms with E-state index < -0.39 is 26.7 Å². The number of nitrogens with one attached hydrogen (secondary N) is 1. The highest BCUT2D eigenvalue weighted by molar-refractivity contribution is 9.10. The molecule has 112 valence electrons. The van der Waals surface area contributed by atoms with Gasteiger partial charge >= 0.3 is 0 Å². The summed E-state index contributed by atoms with van der Waals surface area (Å²) in [5.41, 5.74) is 0.496. The molecule has 0 bridgehead atoms. The normalized spacial score (nSPS) is 13.0. The Kier molecular flexibility index (Phi) is 5.87. The number of amides is 1. The Morgan fingerprint density at radius 1 is 1.45 bits per heavy atom. The predicted molar refractivity (Wildman–Crippen MR) is 81.5 cm³/mol. The third-order valence-electron chi connectivity index (χ3n) is 2.55. The Morgan fingerprint density at radius 2 is 2.05 bits per heavy atom. The molecule has 0 aliphatic rings. The van der Waals surface area contributed by atoms with Gasteiger partial charge in [0.15, 0.2) is 0 Å². The molecule has 0 spiro atoms. The van der Waals surface area contributed by atoms with Crippen LogP contribution < -0.4 is 10.5 Å². The monoisotopic (exact) mass is 382 g/mol. The van der Waals surface area contributed by atoms with E-state index in [1.54, 1.807) is 0 Å². The second kappa shape index (κ2) is 6.79. The highest BCUT2D eigenvalue weighted by Gasteiger charge is 2.19. The van der Waals surface area contributed by atoms with Crippen molar-refractivity contribution in [2.24, 2.45) is 5.14 Å². The lowest BCUT2D eigenvalue weighted by atomic mass is 10.1. The molecule has 0 heterocycles. The van der Waals surface area contributed by atoms with Crippen LogP contribution in [0.4, 0.5) is 0 Å². The van der Waals surface area contributed by atoms with E-state index in [-0.39, 0.29) is 22.6 Å². The Morgan fingerprint density at radius 3 is 2.55 bits per heavy atom. The number of carbonyl (C=O) groups is 1. The van der Waals surface area contributed by atoms with E-state index in [1.807, 2.05) is 0 Å². The van der Waals surface area contributed by atoms with E-state index in [1.165, 1.54) is 25.3 Å². The van der Waals surface area contributed by atoms with Crippen molar-refractivity contribution in [1.82, 2.24) is 5.32 Å². The van der Waals surface area contributed by atoms with Crippen LogP contribution in [-0.2, 0) is 20.8 Å². The summed E-state index contributed by atoms with van der Waals surface area (Å²) >= 11 is 3.15. The van der Waals surface area contributed by atoms with Gasteiger partial charge < -0.3 is 5.32 Å². The van der Waals surface area contributed by atoms with Gasteiger partial charge in [-0.2, -0.15) is 0 Å². The number of sulfonamides is 1. The van der Waals surface area contributed by atoms with Crippen LogP contribution in [0.3, 0.4) is 0 Å². The molecule has 3 N–H and O–H groups in total. The fourth-order valence-electron chi connectivity index (χ4n) is 1.59. The van der Waals surface area contributed by atoms with Gasteiger partial charge in [0.25, 0.3) is 5.91 Å². The standard InChI is InChI=1S/C11H15BrN2O4S2/c1-7-9(11(15)14-3-4-19(2)16)5-8(12)6-10(7)20(13,17)18/h5-6H,3-4H2,1-2H3,(H,14,15)(H2,13,17,18). The third kappa shape index (κ3) is 4.65. The summed E-state index contributed by atoms with van der Waals surface area (Å²) in [5.74, 6) is -0.0972. The summed E-state index contributed by atoms with van der Waals surface area (Å²) in [5, 5.41) is 7.70. The maximum Gasteiger partial charge on any atom is 0.251 e. The first-order valence-electron chi connectivity index (χ1n) is 5.54. The summed E-state index contributed by atoms with van der Waals surface area (Å²) in [4.78, 5) is 11.9. The predicted octanol–water partition coefficient (Wildman–Crippen LogP) is 0.513. The minimum absolute atomic E-state index is 0.101. The van der Waals surface area contributed by atoms with Crippen LogP contribution >= 0.6 is 15.9 Å². The van der Waals surface area contributed by atoms with Crippen LogP contribution in [-0.4, -0.2) is 37.1 Å². The number of nitrogens with two attached hydrogens (primary N) is 1. The number of carbonyl (C=O) groups excluding carboxylic acids is 1. The van der Waals surface area contributed by atoms with E-state index >= 15 is 0 Å². The molecular formula is C11H15BrN2O4S2. The maximum atomic E-state index is 12.0. The first-order chi connectivity index (χ1) is 9.12. The van der Waals surface area contributed by atoms with Crippen LogP contribution in [0.1, 0.15) is 15.9 Å². The first kappa shape index (κ1) is 17.3. The van der Waals surface area contributed by atoms with Crippen molar-refractivity contribution in [1.29, 1.82) is 0 Å². The lowest BCUT2D eigenvalue weighted by Crippen LogP contribution is -2.28. The molecule has 0 saturated carbocycles. The van der Waals surface area contributed by atoms with Crippen molar-refractivity contribution < 1.29 is 17.4 Å². The quantitative estimate of drug-likeness (QED) is 0.773. The van der Waals surface area contributed by atoms with Gasteiger partial charge in [-0.25, -0.2) is 13.6 Å². The average molecular weight is 383 g/mol. The SMILES string of the molecule is Cc1c(C(=O)NCCS(C)=O)cc(Br)cc1S(N)(=O)=O. The summed E-state index contributed by atoms with van der Waals surface area (Å²) in [6.07, 6.45) is 1.54. The molecule has 1 unspecified atom stereocenters. The van der Waals surface area contributed by atoms with E-state index in [9.17, 15) is 17.4 Å². The number of hydrogen-bond acceptors (Lipinski definition) is 4. The van der Waals surface area contributed by atoms with Crippen LogP contribution in [0.25, 0.3) is 0 Å². The van der Waals surface area contributed by atoms with E-state index in [0.717, 1.165) is 0 Å². The molecule has 0 aromatic heterocycles. The second-order valence-electron chi connectivity index (χ2n) is 4.15. The van der Waals surface area contributed by atoms with Crippen LogP contribution in [0.15, 0.2) is 21.5 Å². The molecule has 0 radical (unpaired) electrons. The number of primary sulfonamides is 1. The third-order valence-corrected chi connectivity index (χ3v) is 4.83. The van der Waals surface area contributed by atoms with Crippen molar-refractivity contribution in [3.8, 4) is 0 Å². The Balaban J connectivity index is 3.10. The highest BCUT2D eigenvalue weighted by Crippen LogP contribution is 2.23. The minimum Gasteiger partial charge on any atom is -0.351 e. The van der Waals surface area contributed by atoms with Crippen LogP contribution in [0.5, 0.6) is 0 Å². The molecule has 1 aromatic rings. The number of hydrogen-bond donors (Lipinski definition) is 2. The zero-order valence-electron chi connectivity index (χ0n) is 11.0. The molecule has 1 aromatic carbocycles. The van der Waals surface area contributed by atoms with Gasteiger partial charge in [0, 0.05) is 39.4 Å². The second-order valence-corrected chi connectivity index (χ2v) is 8.15. The maximum absolute atomic E-state index is 12.0. The van der Waals surface area contributed by atoms with Crippen molar-refractivity contribution >= 4 is 42.7 Å². The van der Waals surface area contributed by atoms with Gasteiger partial charge in [0.2, 0.25) is 10.0 Å². The minimum atomic E-state index is -3.90. The largest absolute Gasteiger partial charge is 0.351 e. The lowest BCUT2D eigenvalue weighted by molar-refractivity contribution is 0.0955.